The molecule has 1 amide bonds. The molecule has 0 saturated heterocycles. The molecule has 0 aliphatic heterocycles. The SMILES string of the molecule is CCCn1nc(C)c(C(=O)Nc2cccc(OCC(=O)O)c2)c1C. The number of benzene rings is 1. The molecule has 7 heteroatoms. The lowest BCUT2D eigenvalue weighted by molar-refractivity contribution is -0.139. The Hall–Kier alpha value is -2.83. The van der Waals surface area contributed by atoms with Gasteiger partial charge < -0.3 is 15.2 Å². The van der Waals surface area contributed by atoms with Gasteiger partial charge in [0, 0.05) is 24.0 Å². The van der Waals surface area contributed by atoms with Gasteiger partial charge in [0.1, 0.15) is 5.75 Å². The molecular formula is C17H21N3O4. The number of amides is 1. The molecule has 1 aromatic heterocycles. The van der Waals surface area contributed by atoms with E-state index < -0.39 is 12.6 Å². The number of aromatic nitrogens is 2. The second-order valence-electron chi connectivity index (χ2n) is 5.43. The van der Waals surface area contributed by atoms with Crippen LogP contribution in [0, 0.1) is 13.8 Å². The van der Waals surface area contributed by atoms with Gasteiger partial charge in [0.25, 0.3) is 5.91 Å². The van der Waals surface area contributed by atoms with E-state index in [-0.39, 0.29) is 5.91 Å². The number of nitrogens with zero attached hydrogens (tertiary/aromatic N) is 2. The van der Waals surface area contributed by atoms with E-state index in [1.807, 2.05) is 11.6 Å². The van der Waals surface area contributed by atoms with Crippen molar-refractivity contribution in [3.8, 4) is 5.75 Å². The van der Waals surface area contributed by atoms with Crippen molar-refractivity contribution in [2.45, 2.75) is 33.7 Å². The first-order chi connectivity index (χ1) is 11.4. The molecule has 7 nitrogen and oxygen atoms in total. The summed E-state index contributed by atoms with van der Waals surface area (Å²) in [5, 5.41) is 15.8. The van der Waals surface area contributed by atoms with Gasteiger partial charge >= 0.3 is 5.97 Å². The molecule has 0 fully saturated rings. The van der Waals surface area contributed by atoms with Gasteiger partial charge in [-0.2, -0.15) is 5.10 Å². The molecule has 0 atom stereocenters. The third kappa shape index (κ3) is 4.13. The van der Waals surface area contributed by atoms with Crippen LogP contribution in [-0.2, 0) is 11.3 Å². The molecule has 2 N–H and O–H groups in total. The van der Waals surface area contributed by atoms with Crippen LogP contribution in [0.4, 0.5) is 5.69 Å². The Morgan fingerprint density at radius 2 is 2.08 bits per heavy atom. The van der Waals surface area contributed by atoms with Crippen LogP contribution in [0.25, 0.3) is 0 Å². The maximum absolute atomic E-state index is 12.6. The smallest absolute Gasteiger partial charge is 0.341 e. The maximum Gasteiger partial charge on any atom is 0.341 e. The predicted octanol–water partition coefficient (Wildman–Crippen LogP) is 2.63. The zero-order chi connectivity index (χ0) is 17.7. The molecule has 2 aromatic rings. The molecule has 0 spiro atoms. The lowest BCUT2D eigenvalue weighted by atomic mass is 10.1. The van der Waals surface area contributed by atoms with E-state index in [9.17, 15) is 9.59 Å². The predicted molar refractivity (Wildman–Crippen MR) is 89.5 cm³/mol. The largest absolute Gasteiger partial charge is 0.482 e. The van der Waals surface area contributed by atoms with E-state index in [1.54, 1.807) is 31.2 Å². The average Bonchev–Trinajstić information content (AvgIpc) is 2.80. The zero-order valence-electron chi connectivity index (χ0n) is 14.0. The highest BCUT2D eigenvalue weighted by atomic mass is 16.5. The fraction of sp³-hybridized carbons (Fsp3) is 0.353. The second-order valence-corrected chi connectivity index (χ2v) is 5.43. The average molecular weight is 331 g/mol. The summed E-state index contributed by atoms with van der Waals surface area (Å²) in [7, 11) is 0. The van der Waals surface area contributed by atoms with E-state index in [4.69, 9.17) is 9.84 Å². The molecule has 24 heavy (non-hydrogen) atoms. The molecule has 0 saturated carbocycles. The number of rotatable bonds is 7. The van der Waals surface area contributed by atoms with Crippen LogP contribution < -0.4 is 10.1 Å². The lowest BCUT2D eigenvalue weighted by Crippen LogP contribution is -2.14. The molecule has 1 aromatic carbocycles. The second kappa shape index (κ2) is 7.63. The number of carboxylic acids is 1. The minimum absolute atomic E-state index is 0.247. The molecule has 0 unspecified atom stereocenters. The zero-order valence-corrected chi connectivity index (χ0v) is 14.0. The van der Waals surface area contributed by atoms with E-state index in [0.717, 1.165) is 18.7 Å². The topological polar surface area (TPSA) is 93.5 Å². The van der Waals surface area contributed by atoms with Crippen LogP contribution in [0.3, 0.4) is 0 Å². The molecule has 2 rings (SSSR count). The van der Waals surface area contributed by atoms with Crippen molar-refractivity contribution in [1.29, 1.82) is 0 Å². The van der Waals surface area contributed by atoms with Crippen molar-refractivity contribution >= 4 is 17.6 Å². The van der Waals surface area contributed by atoms with Gasteiger partial charge in [0.05, 0.1) is 11.3 Å². The van der Waals surface area contributed by atoms with Crippen molar-refractivity contribution in [3.63, 3.8) is 0 Å². The molecule has 0 aliphatic rings. The van der Waals surface area contributed by atoms with Gasteiger partial charge in [-0.25, -0.2) is 4.79 Å². The quantitative estimate of drug-likeness (QED) is 0.813. The number of hydrogen-bond donors (Lipinski definition) is 2. The van der Waals surface area contributed by atoms with Crippen LogP contribution in [0.2, 0.25) is 0 Å². The Morgan fingerprint density at radius 3 is 2.75 bits per heavy atom. The summed E-state index contributed by atoms with van der Waals surface area (Å²) in [6.45, 7) is 6.06. The van der Waals surface area contributed by atoms with Crippen LogP contribution in [0.15, 0.2) is 24.3 Å². The summed E-state index contributed by atoms with van der Waals surface area (Å²) in [4.78, 5) is 23.1. The minimum atomic E-state index is -1.06. The maximum atomic E-state index is 12.6. The summed E-state index contributed by atoms with van der Waals surface area (Å²) in [5.74, 6) is -0.924. The summed E-state index contributed by atoms with van der Waals surface area (Å²) < 4.78 is 6.94. The molecule has 1 heterocycles. The minimum Gasteiger partial charge on any atom is -0.482 e. The highest BCUT2D eigenvalue weighted by Gasteiger charge is 2.18. The molecule has 128 valence electrons. The highest BCUT2D eigenvalue weighted by Crippen LogP contribution is 2.20. The van der Waals surface area contributed by atoms with Gasteiger partial charge in [-0.3, -0.25) is 9.48 Å². The molecule has 0 aliphatic carbocycles. The normalized spacial score (nSPS) is 10.5. The third-order valence-electron chi connectivity index (χ3n) is 3.50. The van der Waals surface area contributed by atoms with Crippen LogP contribution >= 0.6 is 0 Å². The number of aryl methyl sites for hydroxylation is 2. The number of carbonyl (C=O) groups is 2. The van der Waals surface area contributed by atoms with E-state index >= 15 is 0 Å². The number of carbonyl (C=O) groups excluding carboxylic acids is 1. The summed E-state index contributed by atoms with van der Waals surface area (Å²) >= 11 is 0. The Kier molecular flexibility index (Phi) is 5.57. The van der Waals surface area contributed by atoms with Gasteiger partial charge in [-0.15, -0.1) is 0 Å². The first-order valence-electron chi connectivity index (χ1n) is 7.72. The Bertz CT molecular complexity index is 752. The van der Waals surface area contributed by atoms with Crippen LogP contribution in [0.5, 0.6) is 5.75 Å². The monoisotopic (exact) mass is 331 g/mol. The summed E-state index contributed by atoms with van der Waals surface area (Å²) in [5.41, 5.74) is 2.59. The van der Waals surface area contributed by atoms with Gasteiger partial charge in [0.15, 0.2) is 6.61 Å². The first-order valence-corrected chi connectivity index (χ1v) is 7.72. The van der Waals surface area contributed by atoms with Crippen molar-refractivity contribution in [3.05, 3.63) is 41.2 Å². The molecule has 0 radical (unpaired) electrons. The standard InChI is InChI=1S/C17H21N3O4/c1-4-8-20-12(3)16(11(2)19-20)17(23)18-13-6-5-7-14(9-13)24-10-15(21)22/h5-7,9H,4,8,10H2,1-3H3,(H,18,23)(H,21,22). The Morgan fingerprint density at radius 1 is 1.33 bits per heavy atom. The fourth-order valence-corrected chi connectivity index (χ4v) is 2.46. The number of nitrogens with one attached hydrogen (secondary N) is 1. The van der Waals surface area contributed by atoms with Gasteiger partial charge in [0.2, 0.25) is 0 Å². The van der Waals surface area contributed by atoms with Crippen molar-refractivity contribution < 1.29 is 19.4 Å². The van der Waals surface area contributed by atoms with E-state index in [0.29, 0.717) is 22.7 Å². The third-order valence-corrected chi connectivity index (χ3v) is 3.50. The van der Waals surface area contributed by atoms with Crippen molar-refractivity contribution in [1.82, 2.24) is 9.78 Å². The fourth-order valence-electron chi connectivity index (χ4n) is 2.46. The number of hydrogen-bond acceptors (Lipinski definition) is 4. The van der Waals surface area contributed by atoms with Crippen LogP contribution in [0.1, 0.15) is 35.1 Å². The van der Waals surface area contributed by atoms with Crippen molar-refractivity contribution in [2.24, 2.45) is 0 Å². The number of anilines is 1. The van der Waals surface area contributed by atoms with E-state index in [2.05, 4.69) is 17.3 Å². The summed E-state index contributed by atoms with van der Waals surface area (Å²) in [6.07, 6.45) is 0.936. The van der Waals surface area contributed by atoms with E-state index in [1.165, 1.54) is 0 Å². The highest BCUT2D eigenvalue weighted by molar-refractivity contribution is 6.05. The Labute approximate surface area is 140 Å². The Balaban J connectivity index is 2.15. The van der Waals surface area contributed by atoms with Crippen LogP contribution in [-0.4, -0.2) is 33.4 Å². The lowest BCUT2D eigenvalue weighted by Gasteiger charge is -2.08. The number of aliphatic carboxylic acids is 1. The van der Waals surface area contributed by atoms with Gasteiger partial charge in [-0.1, -0.05) is 13.0 Å². The first kappa shape index (κ1) is 17.5. The van der Waals surface area contributed by atoms with Crippen molar-refractivity contribution in [2.75, 3.05) is 11.9 Å². The number of carboxylic acid groups (broad SMARTS) is 1. The summed E-state index contributed by atoms with van der Waals surface area (Å²) in [6, 6.07) is 6.62. The number of ether oxygens (including phenoxy) is 1. The van der Waals surface area contributed by atoms with Gasteiger partial charge in [-0.05, 0) is 32.4 Å². The molecule has 0 bridgehead atoms. The molecular weight excluding hydrogens is 310 g/mol.